The Balaban J connectivity index is 2.01. The predicted octanol–water partition coefficient (Wildman–Crippen LogP) is 2.31. The number of hydrogen-bond acceptors (Lipinski definition) is 4. The highest BCUT2D eigenvalue weighted by atomic mass is 32.1. The monoisotopic (exact) mass is 250 g/mol. The highest BCUT2D eigenvalue weighted by Crippen LogP contribution is 2.26. The summed E-state index contributed by atoms with van der Waals surface area (Å²) in [5, 5.41) is 1.87. The summed E-state index contributed by atoms with van der Waals surface area (Å²) in [6.45, 7) is 0. The highest BCUT2D eigenvalue weighted by molar-refractivity contribution is 7.12. The second-order valence-electron chi connectivity index (χ2n) is 3.70. The van der Waals surface area contributed by atoms with Gasteiger partial charge in [-0.25, -0.2) is 4.98 Å². The minimum Gasteiger partial charge on any atom is -0.495 e. The zero-order valence-corrected chi connectivity index (χ0v) is 10.7. The summed E-state index contributed by atoms with van der Waals surface area (Å²) in [4.78, 5) is 16.9. The lowest BCUT2D eigenvalue weighted by Gasteiger charge is -2.02. The van der Waals surface area contributed by atoms with E-state index < -0.39 is 0 Å². The summed E-state index contributed by atoms with van der Waals surface area (Å²) in [5.74, 6) is 1.70. The fraction of sp³-hybridized carbons (Fsp3) is 0.333. The predicted molar refractivity (Wildman–Crippen MR) is 66.7 cm³/mol. The summed E-state index contributed by atoms with van der Waals surface area (Å²) in [7, 11) is 3.51. The molecule has 0 unspecified atom stereocenters. The van der Waals surface area contributed by atoms with Crippen LogP contribution in [0.5, 0.6) is 5.75 Å². The van der Waals surface area contributed by atoms with Crippen molar-refractivity contribution in [1.82, 2.24) is 9.55 Å². The van der Waals surface area contributed by atoms with Crippen molar-refractivity contribution in [3.63, 3.8) is 0 Å². The fourth-order valence-corrected chi connectivity index (χ4v) is 2.47. The number of aromatic nitrogens is 2. The third kappa shape index (κ3) is 2.55. The number of hydrogen-bond donors (Lipinski definition) is 0. The van der Waals surface area contributed by atoms with Crippen LogP contribution in [-0.4, -0.2) is 22.4 Å². The summed E-state index contributed by atoms with van der Waals surface area (Å²) >= 11 is 1.42. The van der Waals surface area contributed by atoms with Gasteiger partial charge < -0.3 is 9.30 Å². The van der Waals surface area contributed by atoms with Crippen LogP contribution >= 0.6 is 11.3 Å². The minimum atomic E-state index is 0.111. The molecule has 0 radical (unpaired) electrons. The standard InChI is InChI=1S/C12H14N2O2S/c1-14-7-6-13-11(14)4-3-9(15)12-10(16-2)5-8-17-12/h5-8H,3-4H2,1-2H3. The van der Waals surface area contributed by atoms with E-state index in [1.165, 1.54) is 11.3 Å². The number of ketones is 1. The van der Waals surface area contributed by atoms with Crippen molar-refractivity contribution in [3.8, 4) is 5.75 Å². The zero-order valence-electron chi connectivity index (χ0n) is 9.84. The molecule has 0 saturated heterocycles. The molecule has 0 aliphatic heterocycles. The number of carbonyl (C=O) groups excluding carboxylic acids is 1. The molecule has 2 aromatic heterocycles. The number of Topliss-reactive ketones (excluding diaryl/α,β-unsaturated/α-hetero) is 1. The molecule has 2 heterocycles. The van der Waals surface area contributed by atoms with E-state index in [-0.39, 0.29) is 5.78 Å². The molecule has 90 valence electrons. The summed E-state index contributed by atoms with van der Waals surface area (Å²) in [5.41, 5.74) is 0. The van der Waals surface area contributed by atoms with E-state index in [2.05, 4.69) is 4.98 Å². The lowest BCUT2D eigenvalue weighted by atomic mass is 10.2. The summed E-state index contributed by atoms with van der Waals surface area (Å²) in [6, 6.07) is 1.82. The lowest BCUT2D eigenvalue weighted by molar-refractivity contribution is 0.0983. The molecule has 2 rings (SSSR count). The first-order valence-corrected chi connectivity index (χ1v) is 6.21. The van der Waals surface area contributed by atoms with Crippen molar-refractivity contribution < 1.29 is 9.53 Å². The largest absolute Gasteiger partial charge is 0.495 e. The van der Waals surface area contributed by atoms with Crippen LogP contribution in [0.1, 0.15) is 21.9 Å². The lowest BCUT2D eigenvalue weighted by Crippen LogP contribution is -2.04. The van der Waals surface area contributed by atoms with Gasteiger partial charge in [0.1, 0.15) is 16.5 Å². The minimum absolute atomic E-state index is 0.111. The van der Waals surface area contributed by atoms with Gasteiger partial charge >= 0.3 is 0 Å². The number of methoxy groups -OCH3 is 1. The molecular weight excluding hydrogens is 236 g/mol. The Morgan fingerprint density at radius 1 is 1.59 bits per heavy atom. The molecule has 17 heavy (non-hydrogen) atoms. The van der Waals surface area contributed by atoms with E-state index in [1.54, 1.807) is 13.3 Å². The Morgan fingerprint density at radius 3 is 3.06 bits per heavy atom. The van der Waals surface area contributed by atoms with E-state index in [0.29, 0.717) is 23.5 Å². The van der Waals surface area contributed by atoms with Crippen LogP contribution in [0.25, 0.3) is 0 Å². The van der Waals surface area contributed by atoms with Gasteiger partial charge in [0.2, 0.25) is 0 Å². The van der Waals surface area contributed by atoms with Crippen molar-refractivity contribution in [1.29, 1.82) is 0 Å². The summed E-state index contributed by atoms with van der Waals surface area (Å²) < 4.78 is 7.07. The number of aryl methyl sites for hydroxylation is 2. The van der Waals surface area contributed by atoms with Crippen molar-refractivity contribution in [2.24, 2.45) is 7.05 Å². The van der Waals surface area contributed by atoms with Gasteiger partial charge in [-0.2, -0.15) is 0 Å². The van der Waals surface area contributed by atoms with Crippen LogP contribution in [0.2, 0.25) is 0 Å². The molecule has 2 aromatic rings. The van der Waals surface area contributed by atoms with Crippen LogP contribution in [0.15, 0.2) is 23.8 Å². The Morgan fingerprint density at radius 2 is 2.41 bits per heavy atom. The van der Waals surface area contributed by atoms with E-state index in [4.69, 9.17) is 4.74 Å². The van der Waals surface area contributed by atoms with Crippen molar-refractivity contribution in [3.05, 3.63) is 34.5 Å². The third-order valence-electron chi connectivity index (χ3n) is 2.60. The zero-order chi connectivity index (χ0) is 12.3. The third-order valence-corrected chi connectivity index (χ3v) is 3.54. The maximum absolute atomic E-state index is 12.0. The molecule has 0 aliphatic carbocycles. The maximum Gasteiger partial charge on any atom is 0.177 e. The number of nitrogens with zero attached hydrogens (tertiary/aromatic N) is 2. The molecule has 0 amide bonds. The Bertz CT molecular complexity index is 516. The quantitative estimate of drug-likeness (QED) is 0.765. The van der Waals surface area contributed by atoms with Crippen molar-refractivity contribution in [2.75, 3.05) is 7.11 Å². The van der Waals surface area contributed by atoms with Gasteiger partial charge in [-0.05, 0) is 11.4 Å². The van der Waals surface area contributed by atoms with E-state index in [9.17, 15) is 4.79 Å². The molecule has 0 aliphatic rings. The Labute approximate surface area is 104 Å². The van der Waals surface area contributed by atoms with Crippen LogP contribution < -0.4 is 4.74 Å². The topological polar surface area (TPSA) is 44.1 Å². The highest BCUT2D eigenvalue weighted by Gasteiger charge is 2.14. The molecule has 0 aromatic carbocycles. The molecule has 4 nitrogen and oxygen atoms in total. The number of carbonyl (C=O) groups is 1. The number of rotatable bonds is 5. The second-order valence-corrected chi connectivity index (χ2v) is 4.61. The number of imidazole rings is 1. The van der Waals surface area contributed by atoms with Crippen LogP contribution in [0, 0.1) is 0 Å². The Kier molecular flexibility index (Phi) is 3.58. The van der Waals surface area contributed by atoms with Gasteiger partial charge in [-0.3, -0.25) is 4.79 Å². The Hall–Kier alpha value is -1.62. The van der Waals surface area contributed by atoms with Gasteiger partial charge in [0.25, 0.3) is 0 Å². The number of ether oxygens (including phenoxy) is 1. The van der Waals surface area contributed by atoms with Gasteiger partial charge in [-0.1, -0.05) is 0 Å². The van der Waals surface area contributed by atoms with Crippen LogP contribution in [-0.2, 0) is 13.5 Å². The first-order chi connectivity index (χ1) is 8.22. The molecule has 0 fully saturated rings. The van der Waals surface area contributed by atoms with Crippen LogP contribution in [0.4, 0.5) is 0 Å². The van der Waals surface area contributed by atoms with E-state index in [0.717, 1.165) is 5.82 Å². The SMILES string of the molecule is COc1ccsc1C(=O)CCc1nccn1C. The second kappa shape index (κ2) is 5.14. The van der Waals surface area contributed by atoms with Crippen molar-refractivity contribution >= 4 is 17.1 Å². The molecule has 0 saturated carbocycles. The fourth-order valence-electron chi connectivity index (χ4n) is 1.64. The average molecular weight is 250 g/mol. The maximum atomic E-state index is 12.0. The molecule has 0 atom stereocenters. The first-order valence-electron chi connectivity index (χ1n) is 5.33. The van der Waals surface area contributed by atoms with Gasteiger partial charge in [-0.15, -0.1) is 11.3 Å². The molecule has 0 bridgehead atoms. The van der Waals surface area contributed by atoms with Crippen LogP contribution in [0.3, 0.4) is 0 Å². The normalized spacial score (nSPS) is 10.5. The average Bonchev–Trinajstić information content (AvgIpc) is 2.94. The smallest absolute Gasteiger partial charge is 0.177 e. The molecular formula is C12H14N2O2S. The van der Waals surface area contributed by atoms with Gasteiger partial charge in [0.05, 0.1) is 7.11 Å². The first kappa shape index (κ1) is 11.9. The molecule has 0 N–H and O–H groups in total. The molecule has 5 heteroatoms. The summed E-state index contributed by atoms with van der Waals surface area (Å²) in [6.07, 6.45) is 4.74. The molecule has 0 spiro atoms. The van der Waals surface area contributed by atoms with Gasteiger partial charge in [0, 0.05) is 32.3 Å². The van der Waals surface area contributed by atoms with Crippen molar-refractivity contribution in [2.45, 2.75) is 12.8 Å². The van der Waals surface area contributed by atoms with E-state index >= 15 is 0 Å². The van der Waals surface area contributed by atoms with E-state index in [1.807, 2.05) is 29.3 Å². The van der Waals surface area contributed by atoms with Gasteiger partial charge in [0.15, 0.2) is 5.78 Å². The number of thiophene rings is 1.